The number of anilines is 1. The van der Waals surface area contributed by atoms with Crippen molar-refractivity contribution in [2.24, 2.45) is 5.73 Å². The maximum atomic E-state index is 12.1. The summed E-state index contributed by atoms with van der Waals surface area (Å²) in [6.07, 6.45) is 0.498. The van der Waals surface area contributed by atoms with E-state index in [0.29, 0.717) is 29.1 Å². The molecule has 2 heterocycles. The van der Waals surface area contributed by atoms with Crippen LogP contribution in [0.3, 0.4) is 0 Å². The molecule has 0 saturated carbocycles. The number of nitrogens with two attached hydrogens (primary N) is 1. The number of benzene rings is 2. The van der Waals surface area contributed by atoms with Gasteiger partial charge >= 0.3 is 0 Å². The topological polar surface area (TPSA) is 150 Å². The van der Waals surface area contributed by atoms with Crippen LogP contribution in [0.4, 0.5) is 5.69 Å². The summed E-state index contributed by atoms with van der Waals surface area (Å²) in [6, 6.07) is 14.7. The molecule has 0 aliphatic carbocycles. The standard InChI is InChI=1S/C22H24N6O4S/c1-4-33(29,30)28-18-11-16(19-24-14(2)27-32-19)10-17(12-18)20-25-26-21(31-20)22(3,23)13-15-8-6-5-7-9-15/h5-12,28H,4,13,23H2,1-3H3/t22-/m1/s1. The summed E-state index contributed by atoms with van der Waals surface area (Å²) in [5.41, 5.74) is 7.91. The minimum absolute atomic E-state index is 0.0814. The number of rotatable bonds is 8. The lowest BCUT2D eigenvalue weighted by Gasteiger charge is -2.20. The summed E-state index contributed by atoms with van der Waals surface area (Å²) in [6.45, 7) is 5.06. The van der Waals surface area contributed by atoms with E-state index in [1.165, 1.54) is 0 Å². The molecule has 4 rings (SSSR count). The first kappa shape index (κ1) is 22.6. The van der Waals surface area contributed by atoms with Crippen LogP contribution in [0.1, 0.15) is 31.1 Å². The zero-order valence-electron chi connectivity index (χ0n) is 18.4. The van der Waals surface area contributed by atoms with E-state index in [-0.39, 0.29) is 23.4 Å². The van der Waals surface area contributed by atoms with E-state index < -0.39 is 15.6 Å². The largest absolute Gasteiger partial charge is 0.419 e. The normalized spacial score (nSPS) is 13.6. The number of sulfonamides is 1. The van der Waals surface area contributed by atoms with Gasteiger partial charge in [0, 0.05) is 11.1 Å². The number of hydrogen-bond donors (Lipinski definition) is 2. The van der Waals surface area contributed by atoms with Crippen LogP contribution >= 0.6 is 0 Å². The second-order valence-corrected chi connectivity index (χ2v) is 9.95. The van der Waals surface area contributed by atoms with Crippen LogP contribution in [0.15, 0.2) is 57.5 Å². The van der Waals surface area contributed by atoms with Gasteiger partial charge in [0.25, 0.3) is 5.89 Å². The lowest BCUT2D eigenvalue weighted by Crippen LogP contribution is -2.35. The average Bonchev–Trinajstić information content (AvgIpc) is 3.44. The molecule has 0 fully saturated rings. The summed E-state index contributed by atoms with van der Waals surface area (Å²) in [5, 5.41) is 12.1. The lowest BCUT2D eigenvalue weighted by molar-refractivity contribution is 0.355. The van der Waals surface area contributed by atoms with Gasteiger partial charge in [0.15, 0.2) is 5.82 Å². The van der Waals surface area contributed by atoms with Crippen molar-refractivity contribution in [2.45, 2.75) is 32.7 Å². The molecule has 172 valence electrons. The van der Waals surface area contributed by atoms with Crippen molar-refractivity contribution in [3.63, 3.8) is 0 Å². The molecule has 0 amide bonds. The van der Waals surface area contributed by atoms with E-state index in [9.17, 15) is 8.42 Å². The Morgan fingerprint density at radius 1 is 1.06 bits per heavy atom. The summed E-state index contributed by atoms with van der Waals surface area (Å²) in [7, 11) is -3.52. The molecule has 3 N–H and O–H groups in total. The minimum Gasteiger partial charge on any atom is -0.419 e. The fourth-order valence-corrected chi connectivity index (χ4v) is 3.89. The van der Waals surface area contributed by atoms with E-state index in [0.717, 1.165) is 5.56 Å². The zero-order chi connectivity index (χ0) is 23.6. The predicted octanol–water partition coefficient (Wildman–Crippen LogP) is 3.27. The molecule has 0 unspecified atom stereocenters. The number of nitrogens with zero attached hydrogens (tertiary/aromatic N) is 4. The van der Waals surface area contributed by atoms with Crippen molar-refractivity contribution in [1.29, 1.82) is 0 Å². The van der Waals surface area contributed by atoms with Gasteiger partial charge < -0.3 is 14.7 Å². The monoisotopic (exact) mass is 468 g/mol. The van der Waals surface area contributed by atoms with Crippen molar-refractivity contribution in [1.82, 2.24) is 20.3 Å². The van der Waals surface area contributed by atoms with Crippen LogP contribution in [0.2, 0.25) is 0 Å². The maximum absolute atomic E-state index is 12.1. The smallest absolute Gasteiger partial charge is 0.258 e. The Balaban J connectivity index is 1.71. The molecule has 0 aliphatic heterocycles. The quantitative estimate of drug-likeness (QED) is 0.397. The van der Waals surface area contributed by atoms with E-state index in [1.54, 1.807) is 32.0 Å². The van der Waals surface area contributed by atoms with Crippen LogP contribution in [-0.2, 0) is 22.0 Å². The molecular formula is C22H24N6O4S. The second kappa shape index (κ2) is 8.75. The maximum Gasteiger partial charge on any atom is 0.258 e. The van der Waals surface area contributed by atoms with Crippen molar-refractivity contribution < 1.29 is 17.4 Å². The molecule has 1 atom stereocenters. The molecule has 11 heteroatoms. The molecule has 0 saturated heterocycles. The molecule has 33 heavy (non-hydrogen) atoms. The van der Waals surface area contributed by atoms with E-state index >= 15 is 0 Å². The molecule has 4 aromatic rings. The highest BCUT2D eigenvalue weighted by Crippen LogP contribution is 2.31. The number of aromatic nitrogens is 4. The molecule has 10 nitrogen and oxygen atoms in total. The minimum atomic E-state index is -3.52. The summed E-state index contributed by atoms with van der Waals surface area (Å²) in [5.74, 6) is 1.05. The first-order valence-electron chi connectivity index (χ1n) is 10.3. The van der Waals surface area contributed by atoms with Gasteiger partial charge in [0.2, 0.25) is 21.8 Å². The van der Waals surface area contributed by atoms with E-state index in [2.05, 4.69) is 25.1 Å². The summed E-state index contributed by atoms with van der Waals surface area (Å²) in [4.78, 5) is 4.22. The SMILES string of the molecule is CCS(=O)(=O)Nc1cc(-c2nc(C)no2)cc(-c2nnc([C@](C)(N)Cc3ccccc3)o2)c1. The third-order valence-electron chi connectivity index (χ3n) is 4.94. The zero-order valence-corrected chi connectivity index (χ0v) is 19.3. The Labute approximate surface area is 191 Å². The Morgan fingerprint density at radius 2 is 1.76 bits per heavy atom. The number of aryl methyl sites for hydroxylation is 1. The van der Waals surface area contributed by atoms with Gasteiger partial charge in [-0.05, 0) is 51.0 Å². The lowest BCUT2D eigenvalue weighted by atomic mass is 9.94. The van der Waals surface area contributed by atoms with Crippen molar-refractivity contribution in [2.75, 3.05) is 10.5 Å². The van der Waals surface area contributed by atoms with Gasteiger partial charge in [-0.2, -0.15) is 4.98 Å². The number of hydrogen-bond acceptors (Lipinski definition) is 9. The Hall–Kier alpha value is -3.57. The van der Waals surface area contributed by atoms with E-state index in [1.807, 2.05) is 37.3 Å². The van der Waals surface area contributed by atoms with Gasteiger partial charge in [0.1, 0.15) is 0 Å². The van der Waals surface area contributed by atoms with Gasteiger partial charge in [-0.1, -0.05) is 35.5 Å². The molecule has 0 aliphatic rings. The van der Waals surface area contributed by atoms with Crippen molar-refractivity contribution in [3.05, 3.63) is 65.8 Å². The van der Waals surface area contributed by atoms with E-state index in [4.69, 9.17) is 14.7 Å². The highest BCUT2D eigenvalue weighted by molar-refractivity contribution is 7.92. The first-order valence-corrected chi connectivity index (χ1v) is 11.9. The van der Waals surface area contributed by atoms with Crippen molar-refractivity contribution in [3.8, 4) is 22.9 Å². The third-order valence-corrected chi connectivity index (χ3v) is 6.24. The molecule has 2 aromatic carbocycles. The van der Waals surface area contributed by atoms with Gasteiger partial charge in [-0.3, -0.25) is 4.72 Å². The Bertz CT molecular complexity index is 1360. The molecule has 0 bridgehead atoms. The molecule has 0 spiro atoms. The Kier molecular flexibility index (Phi) is 6.00. The fraction of sp³-hybridized carbons (Fsp3) is 0.273. The van der Waals surface area contributed by atoms with Gasteiger partial charge in [-0.25, -0.2) is 8.42 Å². The van der Waals surface area contributed by atoms with Crippen LogP contribution < -0.4 is 10.5 Å². The third kappa shape index (κ3) is 5.26. The highest BCUT2D eigenvalue weighted by Gasteiger charge is 2.29. The van der Waals surface area contributed by atoms with Gasteiger partial charge in [-0.15, -0.1) is 10.2 Å². The van der Waals surface area contributed by atoms with Crippen LogP contribution in [0.5, 0.6) is 0 Å². The van der Waals surface area contributed by atoms with Crippen molar-refractivity contribution >= 4 is 15.7 Å². The summed E-state index contributed by atoms with van der Waals surface area (Å²) >= 11 is 0. The second-order valence-electron chi connectivity index (χ2n) is 7.94. The summed E-state index contributed by atoms with van der Waals surface area (Å²) < 4.78 is 38.0. The first-order chi connectivity index (χ1) is 15.6. The molecule has 0 radical (unpaired) electrons. The highest BCUT2D eigenvalue weighted by atomic mass is 32.2. The van der Waals surface area contributed by atoms with Crippen LogP contribution in [0, 0.1) is 6.92 Å². The Morgan fingerprint density at radius 3 is 2.39 bits per heavy atom. The van der Waals surface area contributed by atoms with Gasteiger partial charge in [0.05, 0.1) is 17.0 Å². The predicted molar refractivity (Wildman–Crippen MR) is 123 cm³/mol. The van der Waals surface area contributed by atoms with Crippen LogP contribution in [-0.4, -0.2) is 34.5 Å². The van der Waals surface area contributed by atoms with Crippen LogP contribution in [0.25, 0.3) is 22.9 Å². The molecule has 2 aromatic heterocycles. The molecular weight excluding hydrogens is 444 g/mol. The average molecular weight is 469 g/mol. The number of nitrogens with one attached hydrogen (secondary N) is 1. The fourth-order valence-electron chi connectivity index (χ4n) is 3.27.